The van der Waals surface area contributed by atoms with Gasteiger partial charge in [-0.3, -0.25) is 0 Å². The molecule has 0 bridgehead atoms. The Morgan fingerprint density at radius 2 is 2.07 bits per heavy atom. The lowest BCUT2D eigenvalue weighted by molar-refractivity contribution is 1.09. The summed E-state index contributed by atoms with van der Waals surface area (Å²) in [6.07, 6.45) is 3.46. The van der Waals surface area contributed by atoms with E-state index in [1.54, 1.807) is 18.5 Å². The maximum absolute atomic E-state index is 5.99. The van der Waals surface area contributed by atoms with Crippen LogP contribution in [-0.2, 0) is 0 Å². The third kappa shape index (κ3) is 2.93. The zero-order chi connectivity index (χ0) is 10.7. The summed E-state index contributed by atoms with van der Waals surface area (Å²) >= 11 is 10.8. The Morgan fingerprint density at radius 3 is 2.73 bits per heavy atom. The van der Waals surface area contributed by atoms with E-state index < -0.39 is 0 Å². The minimum atomic E-state index is 0.646. The van der Waals surface area contributed by atoms with Gasteiger partial charge in [-0.05, 0) is 52.0 Å². The summed E-state index contributed by atoms with van der Waals surface area (Å²) in [7, 11) is 0. The minimum Gasteiger partial charge on any atom is -0.248 e. The van der Waals surface area contributed by atoms with E-state index in [-0.39, 0.29) is 0 Å². The van der Waals surface area contributed by atoms with Crippen LogP contribution < -0.4 is 0 Å². The SMILES string of the molecule is Clc1cccnc1Sc1ccc(Br)cn1. The van der Waals surface area contributed by atoms with Crippen LogP contribution in [0.25, 0.3) is 0 Å². The smallest absolute Gasteiger partial charge is 0.121 e. The number of hydrogen-bond donors (Lipinski definition) is 0. The molecule has 0 spiro atoms. The molecule has 0 aromatic carbocycles. The molecule has 0 radical (unpaired) electrons. The number of nitrogens with zero attached hydrogens (tertiary/aromatic N) is 2. The van der Waals surface area contributed by atoms with Gasteiger partial charge < -0.3 is 0 Å². The van der Waals surface area contributed by atoms with Crippen molar-refractivity contribution < 1.29 is 0 Å². The van der Waals surface area contributed by atoms with Gasteiger partial charge in [0.1, 0.15) is 10.1 Å². The summed E-state index contributed by atoms with van der Waals surface area (Å²) in [6, 6.07) is 7.48. The molecule has 2 heterocycles. The molecule has 0 saturated heterocycles. The Hall–Kier alpha value is -0.580. The summed E-state index contributed by atoms with van der Waals surface area (Å²) in [6.45, 7) is 0. The van der Waals surface area contributed by atoms with E-state index in [2.05, 4.69) is 25.9 Å². The van der Waals surface area contributed by atoms with Crippen molar-refractivity contribution in [2.45, 2.75) is 10.1 Å². The molecule has 2 aromatic heterocycles. The molecule has 0 amide bonds. The fourth-order valence-corrected chi connectivity index (χ4v) is 2.16. The molecule has 0 N–H and O–H groups in total. The van der Waals surface area contributed by atoms with Crippen molar-refractivity contribution in [1.82, 2.24) is 9.97 Å². The maximum Gasteiger partial charge on any atom is 0.121 e. The van der Waals surface area contributed by atoms with Gasteiger partial charge in [0.25, 0.3) is 0 Å². The minimum absolute atomic E-state index is 0.646. The Kier molecular flexibility index (Phi) is 3.61. The van der Waals surface area contributed by atoms with Crippen molar-refractivity contribution >= 4 is 39.3 Å². The lowest BCUT2D eigenvalue weighted by Crippen LogP contribution is -1.83. The van der Waals surface area contributed by atoms with E-state index in [4.69, 9.17) is 11.6 Å². The molecule has 76 valence electrons. The molecule has 0 fully saturated rings. The van der Waals surface area contributed by atoms with Crippen LogP contribution in [0.1, 0.15) is 0 Å². The van der Waals surface area contributed by atoms with Gasteiger partial charge in [0, 0.05) is 16.9 Å². The predicted molar refractivity (Wildman–Crippen MR) is 65.3 cm³/mol. The van der Waals surface area contributed by atoms with Crippen LogP contribution in [0.3, 0.4) is 0 Å². The molecule has 0 saturated carbocycles. The molecule has 0 unspecified atom stereocenters. The fraction of sp³-hybridized carbons (Fsp3) is 0. The molecule has 2 rings (SSSR count). The monoisotopic (exact) mass is 300 g/mol. The van der Waals surface area contributed by atoms with E-state index in [0.717, 1.165) is 14.5 Å². The highest BCUT2D eigenvalue weighted by atomic mass is 79.9. The van der Waals surface area contributed by atoms with Gasteiger partial charge in [-0.1, -0.05) is 11.6 Å². The Labute approximate surface area is 105 Å². The van der Waals surface area contributed by atoms with Gasteiger partial charge in [0.15, 0.2) is 0 Å². The predicted octanol–water partition coefficient (Wildman–Crippen LogP) is 4.04. The summed E-state index contributed by atoms with van der Waals surface area (Å²) in [5.41, 5.74) is 0. The quantitative estimate of drug-likeness (QED) is 0.837. The molecule has 0 aliphatic rings. The fourth-order valence-electron chi connectivity index (χ4n) is 0.968. The summed E-state index contributed by atoms with van der Waals surface area (Å²) in [4.78, 5) is 8.41. The summed E-state index contributed by atoms with van der Waals surface area (Å²) in [5.74, 6) is 0. The van der Waals surface area contributed by atoms with Gasteiger partial charge >= 0.3 is 0 Å². The van der Waals surface area contributed by atoms with Gasteiger partial charge in [0.05, 0.1) is 5.02 Å². The zero-order valence-electron chi connectivity index (χ0n) is 7.52. The Morgan fingerprint density at radius 1 is 1.20 bits per heavy atom. The van der Waals surface area contributed by atoms with Crippen molar-refractivity contribution in [2.24, 2.45) is 0 Å². The normalized spacial score (nSPS) is 10.3. The first-order chi connectivity index (χ1) is 7.25. The van der Waals surface area contributed by atoms with Gasteiger partial charge in [-0.2, -0.15) is 0 Å². The molecular weight excluding hydrogens is 296 g/mol. The number of halogens is 2. The Balaban J connectivity index is 2.22. The second-order valence-corrected chi connectivity index (χ2v) is 5.04. The van der Waals surface area contributed by atoms with Crippen LogP contribution >= 0.6 is 39.3 Å². The van der Waals surface area contributed by atoms with E-state index in [0.29, 0.717) is 5.02 Å². The van der Waals surface area contributed by atoms with Crippen molar-refractivity contribution in [3.63, 3.8) is 0 Å². The molecule has 2 aromatic rings. The van der Waals surface area contributed by atoms with Crippen molar-refractivity contribution in [1.29, 1.82) is 0 Å². The average molecular weight is 302 g/mol. The van der Waals surface area contributed by atoms with E-state index >= 15 is 0 Å². The van der Waals surface area contributed by atoms with Crippen molar-refractivity contribution in [2.75, 3.05) is 0 Å². The van der Waals surface area contributed by atoms with Crippen LogP contribution in [0.4, 0.5) is 0 Å². The van der Waals surface area contributed by atoms with Crippen LogP contribution in [0.15, 0.2) is 51.2 Å². The first kappa shape index (κ1) is 10.9. The molecule has 15 heavy (non-hydrogen) atoms. The molecule has 5 heteroatoms. The number of rotatable bonds is 2. The van der Waals surface area contributed by atoms with Crippen molar-refractivity contribution in [3.8, 4) is 0 Å². The molecule has 2 nitrogen and oxygen atoms in total. The van der Waals surface area contributed by atoms with Crippen LogP contribution in [0.5, 0.6) is 0 Å². The maximum atomic E-state index is 5.99. The topological polar surface area (TPSA) is 25.8 Å². The molecule has 0 aliphatic carbocycles. The first-order valence-corrected chi connectivity index (χ1v) is 6.14. The molecule has 0 aliphatic heterocycles. The summed E-state index contributed by atoms with van der Waals surface area (Å²) in [5, 5.41) is 2.29. The highest BCUT2D eigenvalue weighted by Gasteiger charge is 2.03. The van der Waals surface area contributed by atoms with Crippen molar-refractivity contribution in [3.05, 3.63) is 46.2 Å². The number of aromatic nitrogens is 2. The number of pyridine rings is 2. The highest BCUT2D eigenvalue weighted by Crippen LogP contribution is 2.29. The molecular formula is C10H6BrClN2S. The van der Waals surface area contributed by atoms with Crippen LogP contribution in [0, 0.1) is 0 Å². The second kappa shape index (κ2) is 4.96. The summed E-state index contributed by atoms with van der Waals surface area (Å²) < 4.78 is 0.957. The third-order valence-corrected chi connectivity index (χ3v) is 3.48. The third-order valence-electron chi connectivity index (χ3n) is 1.63. The van der Waals surface area contributed by atoms with Crippen LogP contribution in [-0.4, -0.2) is 9.97 Å². The first-order valence-electron chi connectivity index (χ1n) is 4.15. The lowest BCUT2D eigenvalue weighted by atomic mass is 10.5. The number of hydrogen-bond acceptors (Lipinski definition) is 3. The largest absolute Gasteiger partial charge is 0.248 e. The van der Waals surface area contributed by atoms with Gasteiger partial charge in [-0.15, -0.1) is 0 Å². The second-order valence-electron chi connectivity index (χ2n) is 2.71. The van der Waals surface area contributed by atoms with Gasteiger partial charge in [0.2, 0.25) is 0 Å². The van der Waals surface area contributed by atoms with E-state index in [1.165, 1.54) is 11.8 Å². The van der Waals surface area contributed by atoms with Gasteiger partial charge in [-0.25, -0.2) is 9.97 Å². The lowest BCUT2D eigenvalue weighted by Gasteiger charge is -2.01. The van der Waals surface area contributed by atoms with E-state index in [9.17, 15) is 0 Å². The zero-order valence-corrected chi connectivity index (χ0v) is 10.7. The van der Waals surface area contributed by atoms with E-state index in [1.807, 2.05) is 18.2 Å². The average Bonchev–Trinajstić information content (AvgIpc) is 2.25. The highest BCUT2D eigenvalue weighted by molar-refractivity contribution is 9.10. The molecule has 0 atom stereocenters. The van der Waals surface area contributed by atoms with Crippen LogP contribution in [0.2, 0.25) is 5.02 Å². The Bertz CT molecular complexity index is 461. The standard InChI is InChI=1S/C10H6BrClN2S/c11-7-3-4-9(14-6-7)15-10-8(12)2-1-5-13-10/h1-6H.